The first-order valence-electron chi connectivity index (χ1n) is 8.51. The Bertz CT molecular complexity index is 849. The van der Waals surface area contributed by atoms with Crippen LogP contribution in [0.4, 0.5) is 17.1 Å². The van der Waals surface area contributed by atoms with Gasteiger partial charge in [-0.2, -0.15) is 0 Å². The lowest BCUT2D eigenvalue weighted by molar-refractivity contribution is -0.384. The Labute approximate surface area is 161 Å². The highest BCUT2D eigenvalue weighted by molar-refractivity contribution is 6.34. The number of carbonyl (C=O) groups is 2. The van der Waals surface area contributed by atoms with Crippen molar-refractivity contribution >= 4 is 40.5 Å². The smallest absolute Gasteiger partial charge is 0.271 e. The molecule has 0 aliphatic heterocycles. The number of amides is 2. The zero-order chi connectivity index (χ0) is 20.0. The molecule has 142 valence electrons. The molecule has 2 amide bonds. The summed E-state index contributed by atoms with van der Waals surface area (Å²) in [6.45, 7) is 3.92. The maximum absolute atomic E-state index is 12.4. The molecule has 0 radical (unpaired) electrons. The van der Waals surface area contributed by atoms with E-state index in [1.165, 1.54) is 18.2 Å². The monoisotopic (exact) mass is 389 g/mol. The van der Waals surface area contributed by atoms with Gasteiger partial charge in [-0.05, 0) is 43.2 Å². The maximum Gasteiger partial charge on any atom is 0.271 e. The van der Waals surface area contributed by atoms with Crippen molar-refractivity contribution in [2.75, 3.05) is 10.6 Å². The fourth-order valence-electron chi connectivity index (χ4n) is 2.53. The molecule has 27 heavy (non-hydrogen) atoms. The minimum atomic E-state index is -0.566. The summed E-state index contributed by atoms with van der Waals surface area (Å²) in [5.74, 6) is -0.570. The van der Waals surface area contributed by atoms with E-state index < -0.39 is 10.8 Å². The van der Waals surface area contributed by atoms with E-state index in [2.05, 4.69) is 10.6 Å². The summed E-state index contributed by atoms with van der Waals surface area (Å²) < 4.78 is 0. The van der Waals surface area contributed by atoms with Gasteiger partial charge in [0.25, 0.3) is 11.6 Å². The number of nitrogens with one attached hydrogen (secondary N) is 2. The lowest BCUT2D eigenvalue weighted by atomic mass is 10.0. The van der Waals surface area contributed by atoms with Gasteiger partial charge in [0, 0.05) is 29.3 Å². The number of benzene rings is 2. The van der Waals surface area contributed by atoms with E-state index in [9.17, 15) is 19.7 Å². The summed E-state index contributed by atoms with van der Waals surface area (Å²) >= 11 is 5.99. The van der Waals surface area contributed by atoms with E-state index in [0.29, 0.717) is 11.3 Å². The van der Waals surface area contributed by atoms with Gasteiger partial charge in [0.2, 0.25) is 5.91 Å². The second-order valence-electron chi connectivity index (χ2n) is 5.96. The zero-order valence-corrected chi connectivity index (χ0v) is 15.7. The standard InChI is InChI=1S/C19H20ClN3O4/c1-3-12(4-2)18(24)21-14-7-5-13(6-8-14)19(25)22-17-11-15(23(26)27)9-10-16(17)20/h5-12H,3-4H2,1-2H3,(H,21,24)(H,22,25). The molecule has 7 nitrogen and oxygen atoms in total. The van der Waals surface area contributed by atoms with Crippen LogP contribution in [-0.2, 0) is 4.79 Å². The Balaban J connectivity index is 2.09. The number of anilines is 2. The van der Waals surface area contributed by atoms with Gasteiger partial charge in [0.15, 0.2) is 0 Å². The molecule has 0 saturated heterocycles. The van der Waals surface area contributed by atoms with E-state index in [4.69, 9.17) is 11.6 Å². The molecule has 2 aromatic rings. The van der Waals surface area contributed by atoms with Crippen LogP contribution in [0.25, 0.3) is 0 Å². The molecule has 0 heterocycles. The third kappa shape index (κ3) is 5.27. The Kier molecular flexibility index (Phi) is 6.90. The normalized spacial score (nSPS) is 10.5. The van der Waals surface area contributed by atoms with E-state index in [0.717, 1.165) is 12.8 Å². The lowest BCUT2D eigenvalue weighted by Gasteiger charge is -2.13. The van der Waals surface area contributed by atoms with E-state index in [1.807, 2.05) is 13.8 Å². The minimum Gasteiger partial charge on any atom is -0.326 e. The van der Waals surface area contributed by atoms with Crippen LogP contribution in [0.3, 0.4) is 0 Å². The van der Waals surface area contributed by atoms with Gasteiger partial charge in [-0.25, -0.2) is 0 Å². The summed E-state index contributed by atoms with van der Waals surface area (Å²) in [5, 5.41) is 16.4. The quantitative estimate of drug-likeness (QED) is 0.520. The highest BCUT2D eigenvalue weighted by Gasteiger charge is 2.15. The zero-order valence-electron chi connectivity index (χ0n) is 15.0. The topological polar surface area (TPSA) is 101 Å². The van der Waals surface area contributed by atoms with E-state index >= 15 is 0 Å². The van der Waals surface area contributed by atoms with Crippen LogP contribution in [0.2, 0.25) is 5.02 Å². The first-order valence-corrected chi connectivity index (χ1v) is 8.89. The average molecular weight is 390 g/mol. The third-order valence-electron chi connectivity index (χ3n) is 4.18. The molecule has 0 saturated carbocycles. The largest absolute Gasteiger partial charge is 0.326 e. The predicted octanol–water partition coefficient (Wildman–Crippen LogP) is 4.88. The molecule has 0 fully saturated rings. The van der Waals surface area contributed by atoms with Gasteiger partial charge >= 0.3 is 0 Å². The van der Waals surface area contributed by atoms with Gasteiger partial charge in [0.05, 0.1) is 15.6 Å². The molecule has 0 atom stereocenters. The van der Waals surface area contributed by atoms with Crippen molar-refractivity contribution in [3.63, 3.8) is 0 Å². The molecule has 0 aliphatic carbocycles. The number of carbonyl (C=O) groups excluding carboxylic acids is 2. The van der Waals surface area contributed by atoms with Crippen LogP contribution in [0.15, 0.2) is 42.5 Å². The minimum absolute atomic E-state index is 0.0519. The molecule has 8 heteroatoms. The molecule has 0 aliphatic rings. The molecule has 0 bridgehead atoms. The van der Waals surface area contributed by atoms with Crippen LogP contribution in [-0.4, -0.2) is 16.7 Å². The Morgan fingerprint density at radius 1 is 1.07 bits per heavy atom. The SMILES string of the molecule is CCC(CC)C(=O)Nc1ccc(C(=O)Nc2cc([N+](=O)[O-])ccc2Cl)cc1. The van der Waals surface area contributed by atoms with Gasteiger partial charge < -0.3 is 10.6 Å². The average Bonchev–Trinajstić information content (AvgIpc) is 2.64. The Morgan fingerprint density at radius 2 is 1.70 bits per heavy atom. The first-order chi connectivity index (χ1) is 12.8. The molecular weight excluding hydrogens is 370 g/mol. The molecular formula is C19H20ClN3O4. The molecule has 2 rings (SSSR count). The predicted molar refractivity (Wildman–Crippen MR) is 105 cm³/mol. The highest BCUT2D eigenvalue weighted by atomic mass is 35.5. The van der Waals surface area contributed by atoms with Crippen LogP contribution < -0.4 is 10.6 Å². The van der Waals surface area contributed by atoms with Crippen LogP contribution in [0, 0.1) is 16.0 Å². The van der Waals surface area contributed by atoms with Crippen molar-refractivity contribution in [2.24, 2.45) is 5.92 Å². The number of rotatable bonds is 7. The molecule has 0 spiro atoms. The Morgan fingerprint density at radius 3 is 2.26 bits per heavy atom. The van der Waals surface area contributed by atoms with Crippen molar-refractivity contribution in [3.05, 3.63) is 63.2 Å². The van der Waals surface area contributed by atoms with E-state index in [-0.39, 0.29) is 28.2 Å². The summed E-state index contributed by atoms with van der Waals surface area (Å²) in [6, 6.07) is 10.2. The van der Waals surface area contributed by atoms with Crippen molar-refractivity contribution in [1.82, 2.24) is 0 Å². The maximum atomic E-state index is 12.4. The number of halogens is 1. The second kappa shape index (κ2) is 9.14. The summed E-state index contributed by atoms with van der Waals surface area (Å²) in [6.07, 6.45) is 1.51. The number of nitrogens with zero attached hydrogens (tertiary/aromatic N) is 1. The van der Waals surface area contributed by atoms with Gasteiger partial charge in [-0.3, -0.25) is 19.7 Å². The van der Waals surface area contributed by atoms with Gasteiger partial charge in [-0.15, -0.1) is 0 Å². The molecule has 0 aromatic heterocycles. The Hall–Kier alpha value is -2.93. The van der Waals surface area contributed by atoms with Crippen molar-refractivity contribution < 1.29 is 14.5 Å². The van der Waals surface area contributed by atoms with Crippen LogP contribution in [0.5, 0.6) is 0 Å². The molecule has 0 unspecified atom stereocenters. The summed E-state index contributed by atoms with van der Waals surface area (Å²) in [4.78, 5) is 34.7. The summed E-state index contributed by atoms with van der Waals surface area (Å²) in [5.41, 5.74) is 0.908. The number of nitro benzene ring substituents is 1. The number of hydrogen-bond acceptors (Lipinski definition) is 4. The summed E-state index contributed by atoms with van der Waals surface area (Å²) in [7, 11) is 0. The first kappa shape index (κ1) is 20.4. The molecule has 2 N–H and O–H groups in total. The number of hydrogen-bond donors (Lipinski definition) is 2. The van der Waals surface area contributed by atoms with Crippen molar-refractivity contribution in [3.8, 4) is 0 Å². The fourth-order valence-corrected chi connectivity index (χ4v) is 2.69. The van der Waals surface area contributed by atoms with Crippen molar-refractivity contribution in [1.29, 1.82) is 0 Å². The van der Waals surface area contributed by atoms with Crippen LogP contribution >= 0.6 is 11.6 Å². The van der Waals surface area contributed by atoms with Gasteiger partial charge in [-0.1, -0.05) is 25.4 Å². The lowest BCUT2D eigenvalue weighted by Crippen LogP contribution is -2.21. The highest BCUT2D eigenvalue weighted by Crippen LogP contribution is 2.27. The third-order valence-corrected chi connectivity index (χ3v) is 4.51. The number of non-ortho nitro benzene ring substituents is 1. The van der Waals surface area contributed by atoms with E-state index in [1.54, 1.807) is 24.3 Å². The number of nitro groups is 1. The molecule has 2 aromatic carbocycles. The fraction of sp³-hybridized carbons (Fsp3) is 0.263. The second-order valence-corrected chi connectivity index (χ2v) is 6.36. The van der Waals surface area contributed by atoms with Gasteiger partial charge in [0.1, 0.15) is 0 Å². The van der Waals surface area contributed by atoms with Crippen LogP contribution in [0.1, 0.15) is 37.0 Å². The van der Waals surface area contributed by atoms with Crippen molar-refractivity contribution in [2.45, 2.75) is 26.7 Å².